The fourth-order valence-electron chi connectivity index (χ4n) is 1.62. The summed E-state index contributed by atoms with van der Waals surface area (Å²) in [5.74, 6) is 1.45. The molecule has 2 rings (SSSR count). The van der Waals surface area contributed by atoms with Crippen molar-refractivity contribution >= 4 is 5.69 Å². The van der Waals surface area contributed by atoms with Crippen LogP contribution < -0.4 is 15.2 Å². The SMILES string of the molecule is Cc1c(N)c(CCO)cc2c1OCO2. The molecule has 0 spiro atoms. The molecule has 0 radical (unpaired) electrons. The van der Waals surface area contributed by atoms with Gasteiger partial charge in [-0.1, -0.05) is 0 Å². The molecule has 0 unspecified atom stereocenters. The van der Waals surface area contributed by atoms with Crippen molar-refractivity contribution in [3.8, 4) is 11.5 Å². The van der Waals surface area contributed by atoms with Crippen LogP contribution in [0.5, 0.6) is 11.5 Å². The summed E-state index contributed by atoms with van der Waals surface area (Å²) in [4.78, 5) is 0. The van der Waals surface area contributed by atoms with E-state index in [1.807, 2.05) is 13.0 Å². The van der Waals surface area contributed by atoms with Crippen LogP contribution in [0.2, 0.25) is 0 Å². The lowest BCUT2D eigenvalue weighted by molar-refractivity contribution is 0.173. The molecule has 0 saturated heterocycles. The standard InChI is InChI=1S/C10H13NO3/c1-6-9(11)7(2-3-12)4-8-10(6)14-5-13-8/h4,12H,2-3,5,11H2,1H3. The summed E-state index contributed by atoms with van der Waals surface area (Å²) < 4.78 is 10.5. The molecule has 4 nitrogen and oxygen atoms in total. The molecule has 14 heavy (non-hydrogen) atoms. The number of rotatable bonds is 2. The molecule has 0 amide bonds. The van der Waals surface area contributed by atoms with Gasteiger partial charge in [-0.15, -0.1) is 0 Å². The third-order valence-electron chi connectivity index (χ3n) is 2.42. The molecule has 0 atom stereocenters. The highest BCUT2D eigenvalue weighted by atomic mass is 16.7. The third kappa shape index (κ3) is 1.28. The summed E-state index contributed by atoms with van der Waals surface area (Å²) >= 11 is 0. The third-order valence-corrected chi connectivity index (χ3v) is 2.42. The van der Waals surface area contributed by atoms with E-state index in [9.17, 15) is 0 Å². The minimum atomic E-state index is 0.0866. The molecule has 4 heteroatoms. The van der Waals surface area contributed by atoms with Gasteiger partial charge in [0.05, 0.1) is 0 Å². The number of fused-ring (bicyclic) bond motifs is 1. The van der Waals surface area contributed by atoms with Crippen LogP contribution in [-0.4, -0.2) is 18.5 Å². The zero-order chi connectivity index (χ0) is 10.1. The Morgan fingerprint density at radius 3 is 3.00 bits per heavy atom. The average Bonchev–Trinajstić information content (AvgIpc) is 2.62. The van der Waals surface area contributed by atoms with Crippen LogP contribution in [0.1, 0.15) is 11.1 Å². The molecule has 3 N–H and O–H groups in total. The molecule has 1 aromatic rings. The first-order valence-electron chi connectivity index (χ1n) is 4.52. The van der Waals surface area contributed by atoms with Crippen LogP contribution >= 0.6 is 0 Å². The van der Waals surface area contributed by atoms with Crippen LogP contribution in [0.4, 0.5) is 5.69 Å². The van der Waals surface area contributed by atoms with Crippen LogP contribution in [-0.2, 0) is 6.42 Å². The fraction of sp³-hybridized carbons (Fsp3) is 0.400. The van der Waals surface area contributed by atoms with Crippen molar-refractivity contribution in [1.82, 2.24) is 0 Å². The number of nitrogens with two attached hydrogens (primary N) is 1. The number of nitrogen functional groups attached to an aromatic ring is 1. The van der Waals surface area contributed by atoms with Crippen molar-refractivity contribution in [2.75, 3.05) is 19.1 Å². The van der Waals surface area contributed by atoms with E-state index >= 15 is 0 Å². The van der Waals surface area contributed by atoms with Crippen molar-refractivity contribution in [3.63, 3.8) is 0 Å². The van der Waals surface area contributed by atoms with Crippen molar-refractivity contribution in [1.29, 1.82) is 0 Å². The van der Waals surface area contributed by atoms with E-state index in [0.29, 0.717) is 12.1 Å². The molecule has 1 aromatic carbocycles. The first-order chi connectivity index (χ1) is 6.74. The highest BCUT2D eigenvalue weighted by molar-refractivity contribution is 5.65. The zero-order valence-electron chi connectivity index (χ0n) is 8.04. The van der Waals surface area contributed by atoms with Crippen molar-refractivity contribution in [2.45, 2.75) is 13.3 Å². The Balaban J connectivity index is 2.49. The van der Waals surface area contributed by atoms with E-state index in [-0.39, 0.29) is 13.4 Å². The Morgan fingerprint density at radius 2 is 2.29 bits per heavy atom. The van der Waals surface area contributed by atoms with Crippen molar-refractivity contribution < 1.29 is 14.6 Å². The Bertz CT molecular complexity index is 363. The van der Waals surface area contributed by atoms with Gasteiger partial charge in [0.15, 0.2) is 11.5 Å². The largest absolute Gasteiger partial charge is 0.454 e. The molecular weight excluding hydrogens is 182 g/mol. The summed E-state index contributed by atoms with van der Waals surface area (Å²) in [6.07, 6.45) is 0.545. The van der Waals surface area contributed by atoms with Gasteiger partial charge >= 0.3 is 0 Å². The lowest BCUT2D eigenvalue weighted by Crippen LogP contribution is -2.00. The molecule has 1 heterocycles. The fourth-order valence-corrected chi connectivity index (χ4v) is 1.62. The summed E-state index contributed by atoms with van der Waals surface area (Å²) in [7, 11) is 0. The van der Waals surface area contributed by atoms with Gasteiger partial charge in [0.25, 0.3) is 0 Å². The van der Waals surface area contributed by atoms with Gasteiger partial charge in [-0.2, -0.15) is 0 Å². The summed E-state index contributed by atoms with van der Waals surface area (Å²) in [6.45, 7) is 2.23. The maximum absolute atomic E-state index is 8.86. The Morgan fingerprint density at radius 1 is 1.50 bits per heavy atom. The Hall–Kier alpha value is -1.42. The number of ether oxygens (including phenoxy) is 2. The summed E-state index contributed by atoms with van der Waals surface area (Å²) in [5.41, 5.74) is 8.38. The number of hydrogen-bond donors (Lipinski definition) is 2. The van der Waals surface area contributed by atoms with E-state index in [4.69, 9.17) is 20.3 Å². The lowest BCUT2D eigenvalue weighted by Gasteiger charge is -2.09. The van der Waals surface area contributed by atoms with Crippen LogP contribution in [0.3, 0.4) is 0 Å². The number of aliphatic hydroxyl groups is 1. The molecule has 0 fully saturated rings. The van der Waals surface area contributed by atoms with Gasteiger partial charge in [0.1, 0.15) is 0 Å². The number of benzene rings is 1. The van der Waals surface area contributed by atoms with Crippen molar-refractivity contribution in [2.24, 2.45) is 0 Å². The Labute approximate surface area is 82.2 Å². The van der Waals surface area contributed by atoms with Gasteiger partial charge in [-0.25, -0.2) is 0 Å². The molecule has 0 aromatic heterocycles. The van der Waals surface area contributed by atoms with E-state index in [0.717, 1.165) is 22.6 Å². The Kier molecular flexibility index (Phi) is 2.21. The first kappa shape index (κ1) is 9.15. The van der Waals surface area contributed by atoms with Crippen molar-refractivity contribution in [3.05, 3.63) is 17.2 Å². The van der Waals surface area contributed by atoms with Gasteiger partial charge in [-0.05, 0) is 25.0 Å². The highest BCUT2D eigenvalue weighted by Gasteiger charge is 2.19. The molecule has 0 bridgehead atoms. The molecule has 1 aliphatic rings. The van der Waals surface area contributed by atoms with E-state index in [1.165, 1.54) is 0 Å². The van der Waals surface area contributed by atoms with E-state index in [1.54, 1.807) is 0 Å². The quantitative estimate of drug-likeness (QED) is 0.686. The molecule has 1 aliphatic heterocycles. The van der Waals surface area contributed by atoms with Gasteiger partial charge < -0.3 is 20.3 Å². The van der Waals surface area contributed by atoms with Gasteiger partial charge in [0.2, 0.25) is 6.79 Å². The smallest absolute Gasteiger partial charge is 0.231 e. The topological polar surface area (TPSA) is 64.7 Å². The number of anilines is 1. The minimum Gasteiger partial charge on any atom is -0.454 e. The molecule has 0 aliphatic carbocycles. The second kappa shape index (κ2) is 3.38. The van der Waals surface area contributed by atoms with Crippen LogP contribution in [0, 0.1) is 6.92 Å². The normalized spacial score (nSPS) is 13.3. The van der Waals surface area contributed by atoms with Gasteiger partial charge in [-0.3, -0.25) is 0 Å². The maximum atomic E-state index is 8.86. The highest BCUT2D eigenvalue weighted by Crippen LogP contribution is 2.40. The van der Waals surface area contributed by atoms with Gasteiger partial charge in [0, 0.05) is 17.9 Å². The predicted molar refractivity (Wildman–Crippen MR) is 52.5 cm³/mol. The molecule has 76 valence electrons. The van der Waals surface area contributed by atoms with E-state index < -0.39 is 0 Å². The minimum absolute atomic E-state index is 0.0866. The second-order valence-corrected chi connectivity index (χ2v) is 3.28. The summed E-state index contributed by atoms with van der Waals surface area (Å²) in [6, 6.07) is 1.83. The van der Waals surface area contributed by atoms with E-state index in [2.05, 4.69) is 0 Å². The molecular formula is C10H13NO3. The monoisotopic (exact) mass is 195 g/mol. The lowest BCUT2D eigenvalue weighted by atomic mass is 10.0. The first-order valence-corrected chi connectivity index (χ1v) is 4.52. The molecule has 0 saturated carbocycles. The number of hydrogen-bond acceptors (Lipinski definition) is 4. The number of aliphatic hydroxyl groups excluding tert-OH is 1. The maximum Gasteiger partial charge on any atom is 0.231 e. The summed E-state index contributed by atoms with van der Waals surface area (Å²) in [5, 5.41) is 8.86. The second-order valence-electron chi connectivity index (χ2n) is 3.28. The average molecular weight is 195 g/mol. The van der Waals surface area contributed by atoms with Crippen LogP contribution in [0.25, 0.3) is 0 Å². The van der Waals surface area contributed by atoms with Crippen LogP contribution in [0.15, 0.2) is 6.07 Å². The predicted octanol–water partition coefficient (Wildman–Crippen LogP) is 0.841. The zero-order valence-corrected chi connectivity index (χ0v) is 8.04.